The summed E-state index contributed by atoms with van der Waals surface area (Å²) in [5, 5.41) is 0. The van der Waals surface area contributed by atoms with E-state index in [1.165, 1.54) is 11.4 Å². The number of terminal acetylenes is 1. The Morgan fingerprint density at radius 3 is 2.62 bits per heavy atom. The van der Waals surface area contributed by atoms with Crippen LogP contribution in [-0.4, -0.2) is 17.3 Å². The van der Waals surface area contributed by atoms with E-state index in [1.54, 1.807) is 6.66 Å². The fourth-order valence-corrected chi connectivity index (χ4v) is 1.89. The van der Waals surface area contributed by atoms with Crippen LogP contribution in [0.2, 0.25) is 0 Å². The zero-order chi connectivity index (χ0) is 6.62. The van der Waals surface area contributed by atoms with Gasteiger partial charge in [-0.25, -0.2) is 0 Å². The molecule has 0 aliphatic carbocycles. The molecule has 0 aromatic carbocycles. The predicted octanol–water partition coefficient (Wildman–Crippen LogP) is 1.28. The normalized spacial score (nSPS) is 16.6. The van der Waals surface area contributed by atoms with E-state index in [9.17, 15) is 0 Å². The molecule has 1 N–H and O–H groups in total. The molecule has 0 bridgehead atoms. The van der Waals surface area contributed by atoms with Gasteiger partial charge in [0.1, 0.15) is 5.47 Å². The largest absolute Gasteiger partial charge is 0.357 e. The zero-order valence-corrected chi connectivity index (χ0v) is 7.02. The Kier molecular flexibility index (Phi) is 3.76. The molecule has 0 heterocycles. The molecule has 0 radical (unpaired) electrons. The SMILES string of the molecule is C#CCSP(C)(O)=S. The van der Waals surface area contributed by atoms with Crippen LogP contribution in [0, 0.1) is 12.3 Å². The van der Waals surface area contributed by atoms with E-state index in [2.05, 4.69) is 17.7 Å². The smallest absolute Gasteiger partial charge is 0.114 e. The van der Waals surface area contributed by atoms with Crippen molar-refractivity contribution in [2.45, 2.75) is 0 Å². The summed E-state index contributed by atoms with van der Waals surface area (Å²) < 4.78 is 0. The molecule has 46 valence electrons. The maximum atomic E-state index is 8.94. The van der Waals surface area contributed by atoms with Gasteiger partial charge in [0.2, 0.25) is 0 Å². The summed E-state index contributed by atoms with van der Waals surface area (Å²) in [6.45, 7) is 1.64. The third kappa shape index (κ3) is 6.52. The molecule has 0 aliphatic rings. The van der Waals surface area contributed by atoms with E-state index in [0.29, 0.717) is 5.75 Å². The van der Waals surface area contributed by atoms with Crippen molar-refractivity contribution < 1.29 is 4.89 Å². The van der Waals surface area contributed by atoms with Crippen molar-refractivity contribution in [2.75, 3.05) is 12.4 Å². The van der Waals surface area contributed by atoms with Crippen LogP contribution in [-0.2, 0) is 11.8 Å². The molecule has 1 unspecified atom stereocenters. The molecule has 0 saturated heterocycles. The molecule has 0 fully saturated rings. The third-order valence-electron chi connectivity index (χ3n) is 0.387. The highest BCUT2D eigenvalue weighted by Crippen LogP contribution is 2.50. The van der Waals surface area contributed by atoms with Gasteiger partial charge in [-0.2, -0.15) is 0 Å². The fraction of sp³-hybridized carbons (Fsp3) is 0.500. The minimum atomic E-state index is -2.07. The highest BCUT2D eigenvalue weighted by atomic mass is 32.9. The molecular formula is C4H7OPS2. The molecule has 0 rings (SSSR count). The minimum Gasteiger partial charge on any atom is -0.357 e. The van der Waals surface area contributed by atoms with Crippen molar-refractivity contribution in [1.29, 1.82) is 0 Å². The monoisotopic (exact) mass is 166 g/mol. The highest BCUT2D eigenvalue weighted by Gasteiger charge is 2.00. The Morgan fingerprint density at radius 2 is 2.50 bits per heavy atom. The lowest BCUT2D eigenvalue weighted by atomic mass is 10.8. The van der Waals surface area contributed by atoms with Crippen LogP contribution in [0.4, 0.5) is 0 Å². The molecule has 0 aliphatic heterocycles. The summed E-state index contributed by atoms with van der Waals surface area (Å²) in [5.41, 5.74) is -2.07. The summed E-state index contributed by atoms with van der Waals surface area (Å²) in [6, 6.07) is 0. The Morgan fingerprint density at radius 1 is 2.00 bits per heavy atom. The summed E-state index contributed by atoms with van der Waals surface area (Å²) in [6.07, 6.45) is 4.93. The van der Waals surface area contributed by atoms with E-state index < -0.39 is 5.47 Å². The molecule has 1 atom stereocenters. The maximum Gasteiger partial charge on any atom is 0.114 e. The van der Waals surface area contributed by atoms with Gasteiger partial charge in [0.05, 0.1) is 5.75 Å². The summed E-state index contributed by atoms with van der Waals surface area (Å²) >= 11 is 5.96. The number of hydrogen-bond donors (Lipinski definition) is 1. The van der Waals surface area contributed by atoms with Gasteiger partial charge in [-0.05, 0) is 6.66 Å². The first-order chi connectivity index (χ1) is 3.56. The average Bonchev–Trinajstić information content (AvgIpc) is 1.59. The van der Waals surface area contributed by atoms with Crippen molar-refractivity contribution in [2.24, 2.45) is 0 Å². The Hall–Kier alpha value is 0.520. The summed E-state index contributed by atoms with van der Waals surface area (Å²) in [4.78, 5) is 8.94. The van der Waals surface area contributed by atoms with Crippen LogP contribution in [0.1, 0.15) is 0 Å². The lowest BCUT2D eigenvalue weighted by molar-refractivity contribution is 0.645. The van der Waals surface area contributed by atoms with Gasteiger partial charge in [-0.15, -0.1) is 6.42 Å². The van der Waals surface area contributed by atoms with Crippen molar-refractivity contribution in [3.05, 3.63) is 0 Å². The van der Waals surface area contributed by atoms with Gasteiger partial charge in [0, 0.05) is 0 Å². The summed E-state index contributed by atoms with van der Waals surface area (Å²) in [5.74, 6) is 2.91. The lowest BCUT2D eigenvalue weighted by Crippen LogP contribution is -1.69. The molecule has 0 amide bonds. The second kappa shape index (κ2) is 3.53. The van der Waals surface area contributed by atoms with Crippen molar-refractivity contribution >= 4 is 28.7 Å². The first-order valence-electron chi connectivity index (χ1n) is 1.94. The van der Waals surface area contributed by atoms with Crippen molar-refractivity contribution in [3.8, 4) is 12.3 Å². The average molecular weight is 166 g/mol. The quantitative estimate of drug-likeness (QED) is 0.493. The van der Waals surface area contributed by atoms with E-state index in [1.807, 2.05) is 0 Å². The first-order valence-corrected chi connectivity index (χ1v) is 6.74. The zero-order valence-electron chi connectivity index (χ0n) is 4.50. The van der Waals surface area contributed by atoms with Gasteiger partial charge in [-0.1, -0.05) is 29.1 Å². The lowest BCUT2D eigenvalue weighted by Gasteiger charge is -2.02. The molecule has 0 aromatic heterocycles. The standard InChI is InChI=1S/C4H7OPS2/c1-3-4-8-6(2,5)7/h1H,4H2,2H3,(H,5,7). The van der Waals surface area contributed by atoms with Gasteiger partial charge < -0.3 is 4.89 Å². The fourth-order valence-electron chi connectivity index (χ4n) is 0.157. The number of hydrogen-bond acceptors (Lipinski definition) is 2. The highest BCUT2D eigenvalue weighted by molar-refractivity contribution is 8.69. The predicted molar refractivity (Wildman–Crippen MR) is 43.7 cm³/mol. The van der Waals surface area contributed by atoms with E-state index in [4.69, 9.17) is 11.3 Å². The topological polar surface area (TPSA) is 20.2 Å². The van der Waals surface area contributed by atoms with E-state index in [-0.39, 0.29) is 0 Å². The van der Waals surface area contributed by atoms with Crippen LogP contribution >= 0.6 is 16.8 Å². The minimum absolute atomic E-state index is 0.518. The third-order valence-corrected chi connectivity index (χ3v) is 3.94. The second-order valence-electron chi connectivity index (χ2n) is 1.28. The molecule has 4 heteroatoms. The van der Waals surface area contributed by atoms with Crippen molar-refractivity contribution in [3.63, 3.8) is 0 Å². The molecular weight excluding hydrogens is 159 g/mol. The molecule has 0 saturated carbocycles. The van der Waals surface area contributed by atoms with Crippen LogP contribution in [0.15, 0.2) is 0 Å². The summed E-state index contributed by atoms with van der Waals surface area (Å²) in [7, 11) is 0. The Labute approximate surface area is 58.7 Å². The Bertz CT molecular complexity index is 143. The first kappa shape index (κ1) is 8.52. The van der Waals surface area contributed by atoms with Crippen LogP contribution in [0.5, 0.6) is 0 Å². The Balaban J connectivity index is 3.45. The van der Waals surface area contributed by atoms with Gasteiger partial charge in [0.25, 0.3) is 0 Å². The maximum absolute atomic E-state index is 8.94. The van der Waals surface area contributed by atoms with E-state index in [0.717, 1.165) is 0 Å². The van der Waals surface area contributed by atoms with Gasteiger partial charge in [0.15, 0.2) is 0 Å². The molecule has 0 aromatic rings. The van der Waals surface area contributed by atoms with E-state index >= 15 is 0 Å². The molecule has 1 nitrogen and oxygen atoms in total. The molecule has 8 heavy (non-hydrogen) atoms. The van der Waals surface area contributed by atoms with Crippen molar-refractivity contribution in [1.82, 2.24) is 0 Å². The van der Waals surface area contributed by atoms with Crippen LogP contribution < -0.4 is 0 Å². The molecule has 0 spiro atoms. The number of rotatable bonds is 2. The van der Waals surface area contributed by atoms with Crippen LogP contribution in [0.25, 0.3) is 0 Å². The second-order valence-corrected chi connectivity index (χ2v) is 9.17. The van der Waals surface area contributed by atoms with Crippen LogP contribution in [0.3, 0.4) is 0 Å². The van der Waals surface area contributed by atoms with Gasteiger partial charge in [-0.3, -0.25) is 0 Å². The van der Waals surface area contributed by atoms with Gasteiger partial charge >= 0.3 is 0 Å².